The minimum absolute atomic E-state index is 0.278. The van der Waals surface area contributed by atoms with E-state index in [1.54, 1.807) is 27.7 Å². The monoisotopic (exact) mass is 433 g/mol. The summed E-state index contributed by atoms with van der Waals surface area (Å²) < 4.78 is 10.2. The van der Waals surface area contributed by atoms with E-state index in [4.69, 9.17) is 9.47 Å². The molecule has 1 aromatic carbocycles. The standard InChI is InChI=1S/C17H24INO4/c1-11-8-6-7-9-13(11)10-14(15(20)22-12(2)18)19-16(21)23-17(3,4)5/h6-9,12,14H,10H2,1-5H3,(H,19,21)/t12?,14-/m1/s1. The maximum absolute atomic E-state index is 12.3. The number of carbonyl (C=O) groups excluding carboxylic acids is 2. The van der Waals surface area contributed by atoms with Crippen LogP contribution in [0.4, 0.5) is 4.79 Å². The van der Waals surface area contributed by atoms with E-state index in [9.17, 15) is 9.59 Å². The maximum atomic E-state index is 12.3. The minimum Gasteiger partial charge on any atom is -0.450 e. The second kappa shape index (κ2) is 8.52. The predicted octanol–water partition coefficient (Wildman–Crippen LogP) is 3.76. The lowest BCUT2D eigenvalue weighted by molar-refractivity contribution is -0.146. The topological polar surface area (TPSA) is 64.6 Å². The van der Waals surface area contributed by atoms with E-state index >= 15 is 0 Å². The number of ether oxygens (including phenoxy) is 2. The second-order valence-corrected chi connectivity index (χ2v) is 8.06. The van der Waals surface area contributed by atoms with Gasteiger partial charge in [0.25, 0.3) is 0 Å². The van der Waals surface area contributed by atoms with Gasteiger partial charge in [-0.2, -0.15) is 0 Å². The van der Waals surface area contributed by atoms with Crippen molar-refractivity contribution in [2.45, 2.75) is 56.8 Å². The van der Waals surface area contributed by atoms with Crippen LogP contribution in [-0.2, 0) is 20.7 Å². The Bertz CT molecular complexity index is 552. The number of hydrogen-bond donors (Lipinski definition) is 1. The number of amides is 1. The van der Waals surface area contributed by atoms with Crippen LogP contribution >= 0.6 is 22.6 Å². The van der Waals surface area contributed by atoms with Crippen molar-refractivity contribution in [2.24, 2.45) is 0 Å². The highest BCUT2D eigenvalue weighted by Crippen LogP contribution is 2.13. The highest BCUT2D eigenvalue weighted by Gasteiger charge is 2.27. The van der Waals surface area contributed by atoms with Crippen LogP contribution in [0, 0.1) is 6.92 Å². The summed E-state index contributed by atoms with van der Waals surface area (Å²) in [6, 6.07) is 6.94. The Morgan fingerprint density at radius 2 is 1.87 bits per heavy atom. The van der Waals surface area contributed by atoms with Gasteiger partial charge in [0.15, 0.2) is 0 Å². The summed E-state index contributed by atoms with van der Waals surface area (Å²) >= 11 is 2.00. The molecule has 1 N–H and O–H groups in total. The fourth-order valence-electron chi connectivity index (χ4n) is 1.94. The molecule has 1 amide bonds. The Balaban J connectivity index is 2.87. The molecule has 0 heterocycles. The zero-order valence-electron chi connectivity index (χ0n) is 14.2. The van der Waals surface area contributed by atoms with Crippen LogP contribution in [0.25, 0.3) is 0 Å². The van der Waals surface area contributed by atoms with Crippen LogP contribution in [0.3, 0.4) is 0 Å². The third-order valence-electron chi connectivity index (χ3n) is 2.94. The van der Waals surface area contributed by atoms with Crippen molar-refractivity contribution in [1.29, 1.82) is 0 Å². The molecule has 1 rings (SSSR count). The van der Waals surface area contributed by atoms with E-state index in [2.05, 4.69) is 5.32 Å². The van der Waals surface area contributed by atoms with Crippen LogP contribution in [0.15, 0.2) is 24.3 Å². The number of halogens is 1. The van der Waals surface area contributed by atoms with Gasteiger partial charge in [0, 0.05) is 6.42 Å². The summed E-state index contributed by atoms with van der Waals surface area (Å²) in [5.74, 6) is -0.471. The van der Waals surface area contributed by atoms with Crippen LogP contribution in [0.1, 0.15) is 38.8 Å². The van der Waals surface area contributed by atoms with Crippen molar-refractivity contribution in [1.82, 2.24) is 5.32 Å². The van der Waals surface area contributed by atoms with Crippen molar-refractivity contribution in [3.05, 3.63) is 35.4 Å². The molecule has 0 fully saturated rings. The van der Waals surface area contributed by atoms with Gasteiger partial charge in [-0.15, -0.1) is 0 Å². The number of hydrogen-bond acceptors (Lipinski definition) is 4. The largest absolute Gasteiger partial charge is 0.450 e. The zero-order valence-corrected chi connectivity index (χ0v) is 16.3. The lowest BCUT2D eigenvalue weighted by atomic mass is 10.0. The molecule has 128 valence electrons. The number of alkyl halides is 1. The number of benzene rings is 1. The second-order valence-electron chi connectivity index (χ2n) is 6.31. The van der Waals surface area contributed by atoms with Crippen LogP contribution in [-0.4, -0.2) is 27.8 Å². The maximum Gasteiger partial charge on any atom is 0.408 e. The number of rotatable bonds is 5. The van der Waals surface area contributed by atoms with Crippen molar-refractivity contribution in [2.75, 3.05) is 0 Å². The fourth-order valence-corrected chi connectivity index (χ4v) is 2.19. The quantitative estimate of drug-likeness (QED) is 0.437. The molecule has 0 bridgehead atoms. The Labute approximate surface area is 151 Å². The van der Waals surface area contributed by atoms with E-state index in [1.807, 2.05) is 53.8 Å². The van der Waals surface area contributed by atoms with Gasteiger partial charge in [-0.05, 0) is 68.3 Å². The molecule has 1 unspecified atom stereocenters. The molecule has 0 aliphatic rings. The Morgan fingerprint density at radius 3 is 2.39 bits per heavy atom. The number of aryl methyl sites for hydroxylation is 1. The molecule has 6 heteroatoms. The highest BCUT2D eigenvalue weighted by molar-refractivity contribution is 14.1. The molecule has 1 aromatic rings. The average molecular weight is 433 g/mol. The first-order valence-electron chi connectivity index (χ1n) is 7.47. The number of carbonyl (C=O) groups is 2. The Morgan fingerprint density at radius 1 is 1.26 bits per heavy atom. The van der Waals surface area contributed by atoms with Gasteiger partial charge in [-0.25, -0.2) is 9.59 Å². The lowest BCUT2D eigenvalue weighted by Crippen LogP contribution is -2.46. The summed E-state index contributed by atoms with van der Waals surface area (Å²) in [6.07, 6.45) is -0.275. The van der Waals surface area contributed by atoms with Crippen LogP contribution < -0.4 is 5.32 Å². The van der Waals surface area contributed by atoms with Gasteiger partial charge in [0.05, 0.1) is 0 Å². The predicted molar refractivity (Wildman–Crippen MR) is 97.6 cm³/mol. The first-order chi connectivity index (χ1) is 10.6. The molecular weight excluding hydrogens is 409 g/mol. The van der Waals surface area contributed by atoms with Crippen LogP contribution in [0.5, 0.6) is 0 Å². The fraction of sp³-hybridized carbons (Fsp3) is 0.529. The lowest BCUT2D eigenvalue weighted by Gasteiger charge is -2.23. The van der Waals surface area contributed by atoms with E-state index < -0.39 is 23.7 Å². The molecule has 0 saturated heterocycles. The van der Waals surface area contributed by atoms with E-state index in [0.29, 0.717) is 6.42 Å². The minimum atomic E-state index is -0.789. The molecule has 5 nitrogen and oxygen atoms in total. The van der Waals surface area contributed by atoms with E-state index in [-0.39, 0.29) is 4.11 Å². The SMILES string of the molecule is Cc1ccccc1C[C@@H](NC(=O)OC(C)(C)C)C(=O)OC(C)I. The molecular formula is C17H24INO4. The summed E-state index contributed by atoms with van der Waals surface area (Å²) in [5, 5.41) is 2.62. The molecule has 2 atom stereocenters. The van der Waals surface area contributed by atoms with Crippen molar-refractivity contribution in [3.63, 3.8) is 0 Å². The molecule has 0 aliphatic carbocycles. The van der Waals surface area contributed by atoms with Crippen molar-refractivity contribution < 1.29 is 19.1 Å². The molecule has 0 radical (unpaired) electrons. The van der Waals surface area contributed by atoms with E-state index in [1.165, 1.54) is 0 Å². The summed E-state index contributed by atoms with van der Waals surface area (Å²) in [7, 11) is 0. The Kier molecular flexibility index (Phi) is 7.31. The third-order valence-corrected chi connectivity index (χ3v) is 3.19. The van der Waals surface area contributed by atoms with Gasteiger partial charge >= 0.3 is 12.1 Å². The van der Waals surface area contributed by atoms with Gasteiger partial charge < -0.3 is 14.8 Å². The molecule has 0 aromatic heterocycles. The third kappa shape index (κ3) is 7.67. The van der Waals surface area contributed by atoms with Gasteiger partial charge in [0.1, 0.15) is 15.8 Å². The average Bonchev–Trinajstić information content (AvgIpc) is 2.37. The number of nitrogens with one attached hydrogen (secondary N) is 1. The highest BCUT2D eigenvalue weighted by atomic mass is 127. The van der Waals surface area contributed by atoms with Crippen LogP contribution in [0.2, 0.25) is 0 Å². The zero-order chi connectivity index (χ0) is 17.6. The first kappa shape index (κ1) is 19.7. The van der Waals surface area contributed by atoms with Gasteiger partial charge in [-0.1, -0.05) is 24.3 Å². The number of alkyl carbamates (subject to hydrolysis) is 1. The van der Waals surface area contributed by atoms with Gasteiger partial charge in [-0.3, -0.25) is 0 Å². The summed E-state index contributed by atoms with van der Waals surface area (Å²) in [4.78, 5) is 24.3. The smallest absolute Gasteiger partial charge is 0.408 e. The first-order valence-corrected chi connectivity index (χ1v) is 8.71. The van der Waals surface area contributed by atoms with Crippen molar-refractivity contribution >= 4 is 34.7 Å². The van der Waals surface area contributed by atoms with Crippen molar-refractivity contribution in [3.8, 4) is 0 Å². The molecule has 0 aliphatic heterocycles. The molecule has 0 saturated carbocycles. The normalized spacial score (nSPS) is 13.8. The molecule has 23 heavy (non-hydrogen) atoms. The summed E-state index contributed by atoms with van der Waals surface area (Å²) in [5.41, 5.74) is 1.41. The number of esters is 1. The Hall–Kier alpha value is -1.31. The van der Waals surface area contributed by atoms with Gasteiger partial charge in [0.2, 0.25) is 0 Å². The summed E-state index contributed by atoms with van der Waals surface area (Å²) in [6.45, 7) is 9.04. The molecule has 0 spiro atoms. The van der Waals surface area contributed by atoms with E-state index in [0.717, 1.165) is 11.1 Å².